The lowest BCUT2D eigenvalue weighted by atomic mass is 10.0. The van der Waals surface area contributed by atoms with Crippen LogP contribution in [0.4, 0.5) is 0 Å². The molecule has 1 aliphatic heterocycles. The molecule has 0 aliphatic carbocycles. The summed E-state index contributed by atoms with van der Waals surface area (Å²) >= 11 is 5.87. The van der Waals surface area contributed by atoms with Gasteiger partial charge in [0, 0.05) is 16.7 Å². The van der Waals surface area contributed by atoms with Crippen LogP contribution in [0, 0.1) is 6.92 Å². The molecule has 0 aromatic heterocycles. The number of fused-ring (bicyclic) bond motifs is 1. The van der Waals surface area contributed by atoms with Gasteiger partial charge in [-0.2, -0.15) is 0 Å². The minimum Gasteiger partial charge on any atom is -0.493 e. The smallest absolute Gasteiger partial charge is 0.232 e. The molecule has 180 valence electrons. The summed E-state index contributed by atoms with van der Waals surface area (Å²) in [4.78, 5) is 25.5. The second-order valence-electron chi connectivity index (χ2n) is 7.73. The summed E-state index contributed by atoms with van der Waals surface area (Å²) in [7, 11) is 4.55. The van der Waals surface area contributed by atoms with Gasteiger partial charge in [-0.1, -0.05) is 11.6 Å². The normalized spacial score (nSPS) is 13.3. The summed E-state index contributed by atoms with van der Waals surface area (Å²) in [6.45, 7) is 1.62. The average molecular weight is 495 g/mol. The molecule has 3 aromatic rings. The molecule has 0 amide bonds. The molecule has 0 radical (unpaired) electrons. The zero-order valence-corrected chi connectivity index (χ0v) is 20.4. The lowest BCUT2D eigenvalue weighted by Gasteiger charge is -2.13. The summed E-state index contributed by atoms with van der Waals surface area (Å²) in [6.07, 6.45) is 1.61. The van der Waals surface area contributed by atoms with Crippen LogP contribution in [0.1, 0.15) is 31.8 Å². The van der Waals surface area contributed by atoms with Crippen LogP contribution >= 0.6 is 11.6 Å². The molecule has 35 heavy (non-hydrogen) atoms. The average Bonchev–Trinajstić information content (AvgIpc) is 3.17. The van der Waals surface area contributed by atoms with E-state index < -0.39 is 0 Å². The quantitative estimate of drug-likeness (QED) is 0.300. The number of carbonyl (C=O) groups is 2. The van der Waals surface area contributed by atoms with E-state index in [0.29, 0.717) is 56.0 Å². The van der Waals surface area contributed by atoms with Crippen LogP contribution in [0.2, 0.25) is 5.02 Å². The Morgan fingerprint density at radius 1 is 0.971 bits per heavy atom. The Balaban J connectivity index is 1.56. The number of Topliss-reactive ketones (excluding diaryl/α,β-unsaturated/α-hetero) is 2. The molecule has 1 heterocycles. The van der Waals surface area contributed by atoms with Crippen LogP contribution in [0.25, 0.3) is 6.08 Å². The predicted molar refractivity (Wildman–Crippen MR) is 131 cm³/mol. The number of ketones is 2. The van der Waals surface area contributed by atoms with E-state index in [0.717, 1.165) is 0 Å². The molecule has 8 heteroatoms. The van der Waals surface area contributed by atoms with Crippen molar-refractivity contribution in [3.63, 3.8) is 0 Å². The van der Waals surface area contributed by atoms with E-state index in [9.17, 15) is 9.59 Å². The predicted octanol–water partition coefficient (Wildman–Crippen LogP) is 5.55. The number of hydrogen-bond donors (Lipinski definition) is 0. The molecule has 7 nitrogen and oxygen atoms in total. The van der Waals surface area contributed by atoms with Crippen molar-refractivity contribution in [2.24, 2.45) is 0 Å². The van der Waals surface area contributed by atoms with Crippen molar-refractivity contribution >= 4 is 29.2 Å². The van der Waals surface area contributed by atoms with Gasteiger partial charge in [-0.15, -0.1) is 0 Å². The van der Waals surface area contributed by atoms with Gasteiger partial charge in [-0.3, -0.25) is 9.59 Å². The molecular weight excluding hydrogens is 472 g/mol. The van der Waals surface area contributed by atoms with Crippen molar-refractivity contribution in [3.05, 3.63) is 81.6 Å². The Morgan fingerprint density at radius 3 is 2.23 bits per heavy atom. The van der Waals surface area contributed by atoms with Crippen LogP contribution in [0.5, 0.6) is 28.7 Å². The van der Waals surface area contributed by atoms with Gasteiger partial charge in [0.25, 0.3) is 0 Å². The molecule has 0 saturated carbocycles. The molecule has 3 aromatic carbocycles. The summed E-state index contributed by atoms with van der Waals surface area (Å²) in [5.41, 5.74) is 2.25. The van der Waals surface area contributed by atoms with Gasteiger partial charge in [-0.25, -0.2) is 0 Å². The number of aryl methyl sites for hydroxylation is 1. The summed E-state index contributed by atoms with van der Waals surface area (Å²) < 4.78 is 27.7. The number of ether oxygens (including phenoxy) is 5. The van der Waals surface area contributed by atoms with Crippen LogP contribution < -0.4 is 23.7 Å². The number of halogens is 1. The Kier molecular flexibility index (Phi) is 6.98. The van der Waals surface area contributed by atoms with E-state index in [2.05, 4.69) is 0 Å². The SMILES string of the molecule is COc1cc(/C=C2\Oc3cc(OCC(=O)c4ccc(Cl)cc4)cc(C)c3C2=O)cc(OC)c1OC. The topological polar surface area (TPSA) is 80.3 Å². The van der Waals surface area contributed by atoms with Crippen molar-refractivity contribution in [1.82, 2.24) is 0 Å². The maximum atomic E-state index is 13.1. The van der Waals surface area contributed by atoms with Gasteiger partial charge < -0.3 is 23.7 Å². The highest BCUT2D eigenvalue weighted by atomic mass is 35.5. The van der Waals surface area contributed by atoms with Crippen LogP contribution in [0.15, 0.2) is 54.3 Å². The summed E-state index contributed by atoms with van der Waals surface area (Å²) in [5.74, 6) is 1.84. The lowest BCUT2D eigenvalue weighted by molar-refractivity contribution is 0.0920. The third kappa shape index (κ3) is 4.95. The van der Waals surface area contributed by atoms with Gasteiger partial charge in [-0.05, 0) is 66.6 Å². The number of allylic oxidation sites excluding steroid dienone is 1. The molecule has 0 saturated heterocycles. The largest absolute Gasteiger partial charge is 0.493 e. The van der Waals surface area contributed by atoms with Gasteiger partial charge in [0.15, 0.2) is 29.6 Å². The van der Waals surface area contributed by atoms with Crippen LogP contribution in [-0.4, -0.2) is 39.5 Å². The highest BCUT2D eigenvalue weighted by Crippen LogP contribution is 2.41. The summed E-state index contributed by atoms with van der Waals surface area (Å²) in [5, 5.41) is 0.550. The molecule has 1 aliphatic rings. The molecule has 4 rings (SSSR count). The van der Waals surface area contributed by atoms with Crippen molar-refractivity contribution in [2.75, 3.05) is 27.9 Å². The number of benzene rings is 3. The summed E-state index contributed by atoms with van der Waals surface area (Å²) in [6, 6.07) is 13.3. The molecule has 0 bridgehead atoms. The third-order valence-corrected chi connectivity index (χ3v) is 5.72. The van der Waals surface area contributed by atoms with Crippen molar-refractivity contribution in [3.8, 4) is 28.7 Å². The molecule has 0 atom stereocenters. The standard InChI is InChI=1S/C27H23ClO7/c1-15-9-19(34-14-20(29)17-5-7-18(28)8-6-17)13-21-25(15)26(30)22(35-21)10-16-11-23(31-2)27(33-4)24(12-16)32-3/h5-13H,14H2,1-4H3/b22-10-. The lowest BCUT2D eigenvalue weighted by Crippen LogP contribution is -2.11. The first kappa shape index (κ1) is 24.2. The number of carbonyl (C=O) groups excluding carboxylic acids is 2. The number of hydrogen-bond acceptors (Lipinski definition) is 7. The van der Waals surface area contributed by atoms with E-state index in [1.807, 2.05) is 0 Å². The monoisotopic (exact) mass is 494 g/mol. The Morgan fingerprint density at radius 2 is 1.63 bits per heavy atom. The van der Waals surface area contributed by atoms with Crippen LogP contribution in [-0.2, 0) is 0 Å². The molecular formula is C27H23ClO7. The molecule has 0 unspecified atom stereocenters. The second-order valence-corrected chi connectivity index (χ2v) is 8.17. The van der Waals surface area contributed by atoms with E-state index >= 15 is 0 Å². The van der Waals surface area contributed by atoms with E-state index in [-0.39, 0.29) is 23.9 Å². The first-order chi connectivity index (χ1) is 16.8. The van der Waals surface area contributed by atoms with Gasteiger partial charge >= 0.3 is 0 Å². The van der Waals surface area contributed by atoms with Crippen molar-refractivity contribution in [1.29, 1.82) is 0 Å². The molecule has 0 N–H and O–H groups in total. The highest BCUT2D eigenvalue weighted by Gasteiger charge is 2.30. The fourth-order valence-corrected chi connectivity index (χ4v) is 3.89. The highest BCUT2D eigenvalue weighted by molar-refractivity contribution is 6.30. The Hall–Kier alpha value is -3.97. The zero-order valence-electron chi connectivity index (χ0n) is 19.6. The fraction of sp³-hybridized carbons (Fsp3) is 0.185. The molecule has 0 spiro atoms. The molecule has 0 fully saturated rings. The number of methoxy groups -OCH3 is 3. The Labute approximate surface area is 207 Å². The van der Waals surface area contributed by atoms with E-state index in [1.165, 1.54) is 21.3 Å². The van der Waals surface area contributed by atoms with Crippen LogP contribution in [0.3, 0.4) is 0 Å². The first-order valence-electron chi connectivity index (χ1n) is 10.6. The minimum absolute atomic E-state index is 0.145. The number of rotatable bonds is 8. The maximum Gasteiger partial charge on any atom is 0.232 e. The van der Waals surface area contributed by atoms with Gasteiger partial charge in [0.2, 0.25) is 11.5 Å². The van der Waals surface area contributed by atoms with E-state index in [4.69, 9.17) is 35.3 Å². The second kappa shape index (κ2) is 10.1. The maximum absolute atomic E-state index is 13.1. The van der Waals surface area contributed by atoms with Gasteiger partial charge in [0.05, 0.1) is 26.9 Å². The minimum atomic E-state index is -0.255. The van der Waals surface area contributed by atoms with Crippen molar-refractivity contribution < 1.29 is 33.3 Å². The fourth-order valence-electron chi connectivity index (χ4n) is 3.76. The van der Waals surface area contributed by atoms with E-state index in [1.54, 1.807) is 61.5 Å². The third-order valence-electron chi connectivity index (χ3n) is 5.46. The first-order valence-corrected chi connectivity index (χ1v) is 11.0. The van der Waals surface area contributed by atoms with Gasteiger partial charge in [0.1, 0.15) is 11.5 Å². The zero-order chi connectivity index (χ0) is 25.1. The van der Waals surface area contributed by atoms with Crippen molar-refractivity contribution in [2.45, 2.75) is 6.92 Å². The Bertz CT molecular complexity index is 1300.